The van der Waals surface area contributed by atoms with Crippen molar-refractivity contribution in [2.75, 3.05) is 6.61 Å². The molecule has 1 aromatic carbocycles. The SMILES string of the molecule is CCOC(=O)c1sc2nc(CSC(N)=Nc3cccc(C)c3)[nH]c(=O)c2c1C. The van der Waals surface area contributed by atoms with E-state index in [0.29, 0.717) is 37.4 Å². The lowest BCUT2D eigenvalue weighted by Gasteiger charge is -2.02. The third-order valence-electron chi connectivity index (χ3n) is 3.91. The van der Waals surface area contributed by atoms with Crippen molar-refractivity contribution in [1.82, 2.24) is 9.97 Å². The first-order chi connectivity index (χ1) is 13.4. The van der Waals surface area contributed by atoms with Crippen molar-refractivity contribution in [3.8, 4) is 0 Å². The van der Waals surface area contributed by atoms with Crippen LogP contribution in [0.1, 0.15) is 33.5 Å². The third kappa shape index (κ3) is 4.42. The summed E-state index contributed by atoms with van der Waals surface area (Å²) in [7, 11) is 0. The molecular formula is C19H20N4O3S2. The van der Waals surface area contributed by atoms with E-state index in [1.54, 1.807) is 13.8 Å². The first-order valence-corrected chi connectivity index (χ1v) is 10.4. The summed E-state index contributed by atoms with van der Waals surface area (Å²) in [6.45, 7) is 5.73. The Hall–Kier alpha value is -2.65. The largest absolute Gasteiger partial charge is 0.462 e. The maximum Gasteiger partial charge on any atom is 0.348 e. The van der Waals surface area contributed by atoms with Gasteiger partial charge in [0.2, 0.25) is 0 Å². The molecule has 0 fully saturated rings. The molecule has 2 heterocycles. The summed E-state index contributed by atoms with van der Waals surface area (Å²) >= 11 is 2.44. The molecule has 0 radical (unpaired) electrons. The van der Waals surface area contributed by atoms with Gasteiger partial charge in [-0.05, 0) is 44.0 Å². The molecule has 0 atom stereocenters. The van der Waals surface area contributed by atoms with Gasteiger partial charge in [-0.3, -0.25) is 4.79 Å². The predicted molar refractivity (Wildman–Crippen MR) is 115 cm³/mol. The summed E-state index contributed by atoms with van der Waals surface area (Å²) in [4.78, 5) is 37.0. The van der Waals surface area contributed by atoms with E-state index in [2.05, 4.69) is 15.0 Å². The smallest absolute Gasteiger partial charge is 0.348 e. The number of thiophene rings is 1. The standard InChI is InChI=1S/C19H20N4O3S2/c1-4-26-18(25)15-11(3)14-16(24)22-13(23-17(14)28-15)9-27-19(20)21-12-7-5-6-10(2)8-12/h5-8H,4,9H2,1-3H3,(H2,20,21)(H,22,23,24). The lowest BCUT2D eigenvalue weighted by Crippen LogP contribution is -2.13. The Balaban J connectivity index is 1.82. The molecule has 0 aliphatic carbocycles. The summed E-state index contributed by atoms with van der Waals surface area (Å²) in [6.07, 6.45) is 0. The lowest BCUT2D eigenvalue weighted by molar-refractivity contribution is 0.0531. The number of hydrogen-bond donors (Lipinski definition) is 2. The van der Waals surface area contributed by atoms with Crippen molar-refractivity contribution in [3.63, 3.8) is 0 Å². The highest BCUT2D eigenvalue weighted by Crippen LogP contribution is 2.28. The Morgan fingerprint density at radius 1 is 1.39 bits per heavy atom. The molecule has 0 amide bonds. The fourth-order valence-corrected chi connectivity index (χ4v) is 4.33. The molecule has 0 aliphatic rings. The second-order valence-electron chi connectivity index (χ2n) is 6.05. The van der Waals surface area contributed by atoms with E-state index in [1.165, 1.54) is 11.8 Å². The number of esters is 1. The summed E-state index contributed by atoms with van der Waals surface area (Å²) < 4.78 is 5.05. The Bertz CT molecular complexity index is 1120. The van der Waals surface area contributed by atoms with Gasteiger partial charge in [-0.25, -0.2) is 14.8 Å². The zero-order valence-electron chi connectivity index (χ0n) is 15.7. The Labute approximate surface area is 170 Å². The molecule has 0 saturated carbocycles. The van der Waals surface area contributed by atoms with Crippen LogP contribution in [0.3, 0.4) is 0 Å². The number of benzene rings is 1. The van der Waals surface area contributed by atoms with Gasteiger partial charge in [0.1, 0.15) is 15.5 Å². The number of H-pyrrole nitrogens is 1. The number of fused-ring (bicyclic) bond motifs is 1. The second kappa shape index (κ2) is 8.57. The number of thioether (sulfide) groups is 1. The van der Waals surface area contributed by atoms with Gasteiger partial charge in [0, 0.05) is 0 Å². The van der Waals surface area contributed by atoms with E-state index < -0.39 is 5.97 Å². The number of carbonyl (C=O) groups is 1. The molecule has 7 nitrogen and oxygen atoms in total. The van der Waals surface area contributed by atoms with Crippen LogP contribution in [0.25, 0.3) is 10.2 Å². The molecule has 3 rings (SSSR count). The van der Waals surface area contributed by atoms with Crippen LogP contribution in [0, 0.1) is 13.8 Å². The summed E-state index contributed by atoms with van der Waals surface area (Å²) in [6, 6.07) is 7.71. The first-order valence-electron chi connectivity index (χ1n) is 8.62. The number of amidine groups is 1. The minimum absolute atomic E-state index is 0.276. The molecule has 0 saturated heterocycles. The van der Waals surface area contributed by atoms with E-state index in [-0.39, 0.29) is 12.2 Å². The van der Waals surface area contributed by atoms with Crippen LogP contribution in [0.5, 0.6) is 0 Å². The van der Waals surface area contributed by atoms with E-state index in [0.717, 1.165) is 22.6 Å². The van der Waals surface area contributed by atoms with Gasteiger partial charge in [-0.15, -0.1) is 11.3 Å². The van der Waals surface area contributed by atoms with E-state index >= 15 is 0 Å². The number of nitrogens with one attached hydrogen (secondary N) is 1. The average molecular weight is 417 g/mol. The van der Waals surface area contributed by atoms with E-state index in [9.17, 15) is 9.59 Å². The van der Waals surface area contributed by atoms with Crippen molar-refractivity contribution in [1.29, 1.82) is 0 Å². The molecule has 3 N–H and O–H groups in total. The minimum atomic E-state index is -0.437. The molecule has 0 spiro atoms. The summed E-state index contributed by atoms with van der Waals surface area (Å²) in [5.74, 6) is 0.396. The lowest BCUT2D eigenvalue weighted by atomic mass is 10.2. The maximum atomic E-state index is 12.5. The Morgan fingerprint density at radius 3 is 2.89 bits per heavy atom. The molecule has 0 bridgehead atoms. The number of aryl methyl sites for hydroxylation is 2. The van der Waals surface area contributed by atoms with Gasteiger partial charge in [-0.2, -0.15) is 0 Å². The third-order valence-corrected chi connectivity index (χ3v) is 5.88. The van der Waals surface area contributed by atoms with Crippen molar-refractivity contribution < 1.29 is 9.53 Å². The Kier molecular flexibility index (Phi) is 6.15. The fourth-order valence-electron chi connectivity index (χ4n) is 2.65. The Morgan fingerprint density at radius 2 is 2.18 bits per heavy atom. The predicted octanol–water partition coefficient (Wildman–Crippen LogP) is 3.66. The number of carbonyl (C=O) groups excluding carboxylic acids is 1. The highest BCUT2D eigenvalue weighted by Gasteiger charge is 2.20. The average Bonchev–Trinajstić information content (AvgIpc) is 2.97. The van der Waals surface area contributed by atoms with Gasteiger partial charge in [0.15, 0.2) is 5.17 Å². The van der Waals surface area contributed by atoms with Crippen LogP contribution in [0.15, 0.2) is 34.1 Å². The molecule has 0 aliphatic heterocycles. The maximum absolute atomic E-state index is 12.5. The molecule has 28 heavy (non-hydrogen) atoms. The minimum Gasteiger partial charge on any atom is -0.462 e. The zero-order valence-corrected chi connectivity index (χ0v) is 17.4. The highest BCUT2D eigenvalue weighted by molar-refractivity contribution is 8.13. The fraction of sp³-hybridized carbons (Fsp3) is 0.263. The number of ether oxygens (including phenoxy) is 1. The summed E-state index contributed by atoms with van der Waals surface area (Å²) in [5, 5.41) is 0.797. The normalized spacial score (nSPS) is 11.8. The van der Waals surface area contributed by atoms with Crippen LogP contribution in [0.2, 0.25) is 0 Å². The molecule has 0 unspecified atom stereocenters. The number of rotatable bonds is 5. The van der Waals surface area contributed by atoms with E-state index in [1.807, 2.05) is 31.2 Å². The topological polar surface area (TPSA) is 110 Å². The van der Waals surface area contributed by atoms with Crippen molar-refractivity contribution in [2.24, 2.45) is 10.7 Å². The highest BCUT2D eigenvalue weighted by atomic mass is 32.2. The van der Waals surface area contributed by atoms with Crippen LogP contribution >= 0.6 is 23.1 Å². The van der Waals surface area contributed by atoms with Gasteiger partial charge in [0.05, 0.1) is 23.4 Å². The summed E-state index contributed by atoms with van der Waals surface area (Å²) in [5.41, 5.74) is 8.17. The van der Waals surface area contributed by atoms with Crippen LogP contribution < -0.4 is 11.3 Å². The number of nitrogens with zero attached hydrogens (tertiary/aromatic N) is 2. The number of aromatic amines is 1. The van der Waals surface area contributed by atoms with Crippen molar-refractivity contribution in [2.45, 2.75) is 26.5 Å². The molecule has 3 aromatic rings. The molecule has 9 heteroatoms. The van der Waals surface area contributed by atoms with Crippen molar-refractivity contribution in [3.05, 3.63) is 56.4 Å². The van der Waals surface area contributed by atoms with Gasteiger partial charge in [-0.1, -0.05) is 23.9 Å². The van der Waals surface area contributed by atoms with Crippen LogP contribution in [-0.2, 0) is 10.5 Å². The van der Waals surface area contributed by atoms with Gasteiger partial charge >= 0.3 is 5.97 Å². The monoisotopic (exact) mass is 416 g/mol. The van der Waals surface area contributed by atoms with Crippen molar-refractivity contribution >= 4 is 50.1 Å². The van der Waals surface area contributed by atoms with E-state index in [4.69, 9.17) is 10.5 Å². The zero-order chi connectivity index (χ0) is 20.3. The quantitative estimate of drug-likeness (QED) is 0.373. The number of nitrogens with two attached hydrogens (primary N) is 1. The van der Waals surface area contributed by atoms with Gasteiger partial charge in [0.25, 0.3) is 5.56 Å². The molecule has 2 aromatic heterocycles. The van der Waals surface area contributed by atoms with Gasteiger partial charge < -0.3 is 15.5 Å². The van der Waals surface area contributed by atoms with Crippen LogP contribution in [0.4, 0.5) is 5.69 Å². The molecule has 146 valence electrons. The number of aromatic nitrogens is 2. The molecular weight excluding hydrogens is 396 g/mol. The number of aliphatic imine (C=N–C) groups is 1. The first kappa shape index (κ1) is 20.1. The number of hydrogen-bond acceptors (Lipinski definition) is 7. The second-order valence-corrected chi connectivity index (χ2v) is 8.04. The van der Waals surface area contributed by atoms with Crippen LogP contribution in [-0.4, -0.2) is 27.7 Å².